The van der Waals surface area contributed by atoms with E-state index in [1.807, 2.05) is 0 Å². The SMILES string of the molecule is CC(=O)O[C@H]1CC[C@]2(C)[C@H]3CC=C4[C@@H]5[C@H](C)[C@@H](C)CC[C@]5(C(=O)NCCNCCNCCN)CC[C@@]4(C)[C@]3(C)CC[C@H]2C1(C)C. The van der Waals surface area contributed by atoms with Crippen LogP contribution in [0.1, 0.15) is 113 Å². The molecule has 5 rings (SSSR count). The summed E-state index contributed by atoms with van der Waals surface area (Å²) in [4.78, 5) is 26.3. The minimum Gasteiger partial charge on any atom is -0.462 e. The van der Waals surface area contributed by atoms with Gasteiger partial charge < -0.3 is 26.4 Å². The quantitative estimate of drug-likeness (QED) is 0.138. The van der Waals surface area contributed by atoms with E-state index < -0.39 is 0 Å². The van der Waals surface area contributed by atoms with Crippen molar-refractivity contribution in [1.82, 2.24) is 16.0 Å². The molecule has 0 aromatic heterocycles. The Morgan fingerprint density at radius 3 is 2.24 bits per heavy atom. The summed E-state index contributed by atoms with van der Waals surface area (Å²) < 4.78 is 5.94. The molecule has 0 saturated heterocycles. The number of fused-ring (bicyclic) bond motifs is 7. The predicted molar refractivity (Wildman–Crippen MR) is 182 cm³/mol. The van der Waals surface area contributed by atoms with E-state index in [0.717, 1.165) is 71.1 Å². The molecule has 0 unspecified atom stereocenters. The highest BCUT2D eigenvalue weighted by Gasteiger charge is 2.69. The van der Waals surface area contributed by atoms with Gasteiger partial charge in [-0.25, -0.2) is 0 Å². The number of nitrogens with one attached hydrogen (secondary N) is 3. The molecule has 0 aromatic rings. The molecule has 256 valence electrons. The number of esters is 1. The van der Waals surface area contributed by atoms with Crippen LogP contribution in [-0.4, -0.2) is 57.2 Å². The molecule has 4 fully saturated rings. The van der Waals surface area contributed by atoms with Gasteiger partial charge in [0.1, 0.15) is 6.10 Å². The van der Waals surface area contributed by atoms with E-state index in [4.69, 9.17) is 10.5 Å². The molecule has 5 aliphatic rings. The van der Waals surface area contributed by atoms with Crippen LogP contribution in [0.5, 0.6) is 0 Å². The Morgan fingerprint density at radius 2 is 1.56 bits per heavy atom. The van der Waals surface area contributed by atoms with Crippen LogP contribution in [-0.2, 0) is 14.3 Å². The second-order valence-corrected chi connectivity index (χ2v) is 17.3. The molecule has 0 bridgehead atoms. The van der Waals surface area contributed by atoms with Crippen LogP contribution in [0.15, 0.2) is 11.6 Å². The third-order valence-electron chi connectivity index (χ3n) is 15.1. The van der Waals surface area contributed by atoms with Crippen molar-refractivity contribution in [2.24, 2.45) is 62.4 Å². The first-order valence-electron chi connectivity index (χ1n) is 18.5. The molecule has 5 aliphatic carbocycles. The van der Waals surface area contributed by atoms with E-state index in [-0.39, 0.29) is 39.1 Å². The summed E-state index contributed by atoms with van der Waals surface area (Å²) in [6, 6.07) is 0. The largest absolute Gasteiger partial charge is 0.462 e. The lowest BCUT2D eigenvalue weighted by Gasteiger charge is -2.71. The number of rotatable bonds is 10. The lowest BCUT2D eigenvalue weighted by atomic mass is 9.33. The van der Waals surface area contributed by atoms with Crippen molar-refractivity contribution in [3.63, 3.8) is 0 Å². The second-order valence-electron chi connectivity index (χ2n) is 17.3. The second kappa shape index (κ2) is 12.9. The fourth-order valence-electron chi connectivity index (χ4n) is 12.2. The Labute approximate surface area is 274 Å². The van der Waals surface area contributed by atoms with Gasteiger partial charge in [-0.2, -0.15) is 0 Å². The summed E-state index contributed by atoms with van der Waals surface area (Å²) in [5.74, 6) is 2.71. The van der Waals surface area contributed by atoms with E-state index in [9.17, 15) is 9.59 Å². The van der Waals surface area contributed by atoms with Crippen LogP contribution < -0.4 is 21.7 Å². The zero-order valence-corrected chi connectivity index (χ0v) is 30.0. The summed E-state index contributed by atoms with van der Waals surface area (Å²) in [5.41, 5.74) is 7.36. The molecule has 0 aliphatic heterocycles. The van der Waals surface area contributed by atoms with Gasteiger partial charge in [-0.05, 0) is 104 Å². The summed E-state index contributed by atoms with van der Waals surface area (Å²) in [5, 5.41) is 10.2. The molecule has 4 saturated carbocycles. The molecule has 7 heteroatoms. The molecule has 0 spiro atoms. The Morgan fingerprint density at radius 1 is 0.867 bits per heavy atom. The summed E-state index contributed by atoms with van der Waals surface area (Å²) in [6.07, 6.45) is 12.5. The number of nitrogens with two attached hydrogens (primary N) is 1. The average molecular weight is 627 g/mol. The number of carbonyl (C=O) groups excluding carboxylic acids is 2. The fraction of sp³-hybridized carbons (Fsp3) is 0.895. The van der Waals surface area contributed by atoms with Crippen molar-refractivity contribution in [3.05, 3.63) is 11.6 Å². The van der Waals surface area contributed by atoms with Crippen molar-refractivity contribution < 1.29 is 14.3 Å². The summed E-state index contributed by atoms with van der Waals surface area (Å²) in [7, 11) is 0. The lowest BCUT2D eigenvalue weighted by molar-refractivity contribution is -0.212. The maximum absolute atomic E-state index is 14.3. The van der Waals surface area contributed by atoms with Crippen molar-refractivity contribution in [3.8, 4) is 0 Å². The molecule has 10 atom stereocenters. The van der Waals surface area contributed by atoms with Gasteiger partial charge in [0.25, 0.3) is 0 Å². The Bertz CT molecular complexity index is 1140. The average Bonchev–Trinajstić information content (AvgIpc) is 2.98. The van der Waals surface area contributed by atoms with Gasteiger partial charge >= 0.3 is 5.97 Å². The molecule has 45 heavy (non-hydrogen) atoms. The van der Waals surface area contributed by atoms with E-state index in [0.29, 0.717) is 48.6 Å². The van der Waals surface area contributed by atoms with Gasteiger partial charge in [0.05, 0.1) is 5.41 Å². The number of hydrogen-bond acceptors (Lipinski definition) is 6. The first-order chi connectivity index (χ1) is 21.2. The van der Waals surface area contributed by atoms with Crippen LogP contribution >= 0.6 is 0 Å². The molecule has 0 heterocycles. The normalized spacial score (nSPS) is 43.5. The fourth-order valence-corrected chi connectivity index (χ4v) is 12.2. The summed E-state index contributed by atoms with van der Waals surface area (Å²) in [6.45, 7) is 23.7. The molecule has 1 amide bonds. The van der Waals surface area contributed by atoms with E-state index in [1.54, 1.807) is 12.5 Å². The van der Waals surface area contributed by atoms with Crippen LogP contribution in [0.2, 0.25) is 0 Å². The van der Waals surface area contributed by atoms with Gasteiger partial charge in [0, 0.05) is 51.6 Å². The number of hydrogen-bond donors (Lipinski definition) is 4. The smallest absolute Gasteiger partial charge is 0.302 e. The summed E-state index contributed by atoms with van der Waals surface area (Å²) >= 11 is 0. The van der Waals surface area contributed by atoms with Crippen LogP contribution in [0, 0.1) is 56.7 Å². The molecular weight excluding hydrogens is 560 g/mol. The van der Waals surface area contributed by atoms with Crippen LogP contribution in [0.25, 0.3) is 0 Å². The number of allylic oxidation sites excluding steroid dienone is 2. The first-order valence-corrected chi connectivity index (χ1v) is 18.5. The zero-order chi connectivity index (χ0) is 32.8. The van der Waals surface area contributed by atoms with Crippen molar-refractivity contribution in [2.45, 2.75) is 119 Å². The van der Waals surface area contributed by atoms with E-state index >= 15 is 0 Å². The minimum absolute atomic E-state index is 0.00382. The molecule has 0 aromatic carbocycles. The zero-order valence-electron chi connectivity index (χ0n) is 30.0. The van der Waals surface area contributed by atoms with Crippen molar-refractivity contribution in [1.29, 1.82) is 0 Å². The van der Waals surface area contributed by atoms with Crippen LogP contribution in [0.4, 0.5) is 0 Å². The number of amides is 1. The molecule has 7 nitrogen and oxygen atoms in total. The lowest BCUT2D eigenvalue weighted by Crippen LogP contribution is -2.66. The van der Waals surface area contributed by atoms with E-state index in [1.165, 1.54) is 12.8 Å². The maximum Gasteiger partial charge on any atom is 0.302 e. The van der Waals surface area contributed by atoms with Crippen molar-refractivity contribution >= 4 is 11.9 Å². The number of ether oxygens (including phenoxy) is 1. The highest BCUT2D eigenvalue weighted by Crippen LogP contribution is 2.75. The van der Waals surface area contributed by atoms with Gasteiger partial charge in [-0.15, -0.1) is 0 Å². The van der Waals surface area contributed by atoms with Gasteiger partial charge in [-0.3, -0.25) is 9.59 Å². The first kappa shape index (κ1) is 34.9. The molecule has 0 radical (unpaired) electrons. The Kier molecular flexibility index (Phi) is 9.98. The van der Waals surface area contributed by atoms with Crippen molar-refractivity contribution in [2.75, 3.05) is 39.3 Å². The predicted octanol–water partition coefficient (Wildman–Crippen LogP) is 5.83. The monoisotopic (exact) mass is 627 g/mol. The van der Waals surface area contributed by atoms with Gasteiger partial charge in [-0.1, -0.05) is 60.1 Å². The molecule has 5 N–H and O–H groups in total. The van der Waals surface area contributed by atoms with Crippen LogP contribution in [0.3, 0.4) is 0 Å². The maximum atomic E-state index is 14.3. The van der Waals surface area contributed by atoms with Gasteiger partial charge in [0.15, 0.2) is 0 Å². The van der Waals surface area contributed by atoms with E-state index in [2.05, 4.69) is 70.5 Å². The number of carbonyl (C=O) groups is 2. The highest BCUT2D eigenvalue weighted by atomic mass is 16.5. The highest BCUT2D eigenvalue weighted by molar-refractivity contribution is 5.84. The third-order valence-corrected chi connectivity index (χ3v) is 15.1. The molecular formula is C38H66N4O3. The Balaban J connectivity index is 1.39. The standard InChI is InChI=1S/C38H66N4O3/c1-25-11-16-38(33(44)42-24-23-41-22-21-40-20-19-39)18-17-36(7)28(32(38)26(25)2)9-10-30-35(6)14-13-31(45-27(3)43)34(4,5)29(35)12-15-37(30,36)8/h9,25-26,29-32,40-41H,10-24,39H2,1-8H3,(H,42,44)/t25-,26+,29-,30+,31-,32-,35-,36+,37+,38-/m0/s1. The minimum atomic E-state index is -0.297. The topological polar surface area (TPSA) is 105 Å². The Hall–Kier alpha value is -1.44. The third kappa shape index (κ3) is 5.63. The van der Waals surface area contributed by atoms with Gasteiger partial charge in [0.2, 0.25) is 5.91 Å².